The van der Waals surface area contributed by atoms with E-state index in [2.05, 4.69) is 73.4 Å². The molecule has 5 nitrogen and oxygen atoms in total. The third-order valence-electron chi connectivity index (χ3n) is 6.97. The maximum absolute atomic E-state index is 12.7. The molecule has 37 heavy (non-hydrogen) atoms. The van der Waals surface area contributed by atoms with Crippen molar-refractivity contribution in [1.82, 2.24) is 9.29 Å². The van der Waals surface area contributed by atoms with Gasteiger partial charge in [0.25, 0.3) is 0 Å². The van der Waals surface area contributed by atoms with E-state index in [0.717, 1.165) is 64.1 Å². The van der Waals surface area contributed by atoms with Gasteiger partial charge < -0.3 is 15.5 Å². The van der Waals surface area contributed by atoms with Crippen molar-refractivity contribution in [3.63, 3.8) is 0 Å². The molecule has 0 unspecified atom stereocenters. The molecule has 1 aromatic heterocycles. The quantitative estimate of drug-likeness (QED) is 0.331. The summed E-state index contributed by atoms with van der Waals surface area (Å²) in [5.74, 6) is 0.495. The Kier molecular flexibility index (Phi) is 8.10. The molecule has 0 atom stereocenters. The summed E-state index contributed by atoms with van der Waals surface area (Å²) in [4.78, 5) is 7.62. The highest BCUT2D eigenvalue weighted by atomic mass is 32.2. The van der Waals surface area contributed by atoms with E-state index < -0.39 is 11.7 Å². The standard InChI is InChI=1S/C28H32F3N5S/c29-28(30,31)21-6-11-27(32-20-21)34-24-14-18-36(19-15-24)37-26-9-7-25(8-10-26)35-16-12-23(13-17-35)33-22-4-2-1-3-5-22/h1-11,20,23-24,33H,12-19H2,(H,32,34). The van der Waals surface area contributed by atoms with Gasteiger partial charge in [-0.3, -0.25) is 0 Å². The molecule has 2 aliphatic rings. The van der Waals surface area contributed by atoms with Gasteiger partial charge in [-0.2, -0.15) is 13.2 Å². The molecule has 2 aromatic carbocycles. The topological polar surface area (TPSA) is 43.4 Å². The number of nitrogens with one attached hydrogen (secondary N) is 2. The van der Waals surface area contributed by atoms with Crippen molar-refractivity contribution in [2.45, 2.75) is 48.8 Å². The highest BCUT2D eigenvalue weighted by molar-refractivity contribution is 7.97. The van der Waals surface area contributed by atoms with Crippen LogP contribution in [-0.2, 0) is 6.18 Å². The summed E-state index contributed by atoms with van der Waals surface area (Å²) in [6.07, 6.45) is 0.607. The average molecular weight is 528 g/mol. The molecule has 2 fully saturated rings. The Morgan fingerprint density at radius 3 is 2.03 bits per heavy atom. The van der Waals surface area contributed by atoms with Crippen LogP contribution in [-0.4, -0.2) is 47.6 Å². The number of halogens is 3. The predicted octanol–water partition coefficient (Wildman–Crippen LogP) is 6.76. The van der Waals surface area contributed by atoms with E-state index in [1.54, 1.807) is 11.9 Å². The molecule has 0 bridgehead atoms. The summed E-state index contributed by atoms with van der Waals surface area (Å²) in [6, 6.07) is 22.5. The first kappa shape index (κ1) is 25.7. The fourth-order valence-corrected chi connectivity index (χ4v) is 5.82. The number of pyridine rings is 1. The number of hydrogen-bond donors (Lipinski definition) is 2. The van der Waals surface area contributed by atoms with E-state index in [9.17, 15) is 13.2 Å². The van der Waals surface area contributed by atoms with Crippen LogP contribution in [0.25, 0.3) is 0 Å². The monoisotopic (exact) mass is 527 g/mol. The van der Waals surface area contributed by atoms with Crippen LogP contribution in [0.15, 0.2) is 77.8 Å². The second kappa shape index (κ2) is 11.6. The average Bonchev–Trinajstić information content (AvgIpc) is 2.91. The lowest BCUT2D eigenvalue weighted by Crippen LogP contribution is -2.39. The highest BCUT2D eigenvalue weighted by Crippen LogP contribution is 2.31. The number of alkyl halides is 3. The predicted molar refractivity (Wildman–Crippen MR) is 145 cm³/mol. The highest BCUT2D eigenvalue weighted by Gasteiger charge is 2.31. The van der Waals surface area contributed by atoms with Crippen LogP contribution in [0, 0.1) is 0 Å². The molecule has 2 aliphatic heterocycles. The Morgan fingerprint density at radius 1 is 0.757 bits per heavy atom. The second-order valence-electron chi connectivity index (χ2n) is 9.63. The third-order valence-corrected chi connectivity index (χ3v) is 8.08. The Bertz CT molecular complexity index is 1110. The summed E-state index contributed by atoms with van der Waals surface area (Å²) in [5.41, 5.74) is 1.74. The van der Waals surface area contributed by atoms with E-state index >= 15 is 0 Å². The van der Waals surface area contributed by atoms with Gasteiger partial charge in [0.05, 0.1) is 5.56 Å². The first-order valence-corrected chi connectivity index (χ1v) is 13.6. The Balaban J connectivity index is 1.04. The van der Waals surface area contributed by atoms with Gasteiger partial charge in [0.2, 0.25) is 0 Å². The first-order chi connectivity index (χ1) is 17.9. The molecule has 3 aromatic rings. The summed E-state index contributed by atoms with van der Waals surface area (Å²) >= 11 is 1.77. The van der Waals surface area contributed by atoms with Crippen molar-refractivity contribution in [2.75, 3.05) is 41.7 Å². The summed E-state index contributed by atoms with van der Waals surface area (Å²) < 4.78 is 40.5. The van der Waals surface area contributed by atoms with E-state index in [1.165, 1.54) is 22.3 Å². The number of anilines is 3. The lowest BCUT2D eigenvalue weighted by Gasteiger charge is -2.34. The van der Waals surface area contributed by atoms with Gasteiger partial charge in [-0.05, 0) is 86.2 Å². The Hall–Kier alpha value is -2.91. The maximum atomic E-state index is 12.7. The normalized spacial score (nSPS) is 18.1. The number of para-hydroxylation sites is 1. The van der Waals surface area contributed by atoms with Crippen molar-refractivity contribution < 1.29 is 13.2 Å². The zero-order valence-electron chi connectivity index (χ0n) is 20.6. The SMILES string of the molecule is FC(F)(F)c1ccc(NC2CCN(Sc3ccc(N4CCC(Nc5ccccc5)CC4)cc3)CC2)nc1. The van der Waals surface area contributed by atoms with Crippen LogP contribution in [0.5, 0.6) is 0 Å². The van der Waals surface area contributed by atoms with Gasteiger partial charge in [-0.25, -0.2) is 9.29 Å². The lowest BCUT2D eigenvalue weighted by molar-refractivity contribution is -0.137. The Morgan fingerprint density at radius 2 is 1.41 bits per heavy atom. The van der Waals surface area contributed by atoms with Crippen LogP contribution in [0.4, 0.5) is 30.4 Å². The third kappa shape index (κ3) is 7.11. The van der Waals surface area contributed by atoms with Crippen molar-refractivity contribution >= 4 is 29.1 Å². The van der Waals surface area contributed by atoms with Crippen LogP contribution < -0.4 is 15.5 Å². The summed E-state index contributed by atoms with van der Waals surface area (Å²) in [5, 5.41) is 6.93. The molecule has 2 N–H and O–H groups in total. The lowest BCUT2D eigenvalue weighted by atomic mass is 10.0. The fraction of sp³-hybridized carbons (Fsp3) is 0.393. The molecule has 3 heterocycles. The van der Waals surface area contributed by atoms with E-state index in [0.29, 0.717) is 11.9 Å². The van der Waals surface area contributed by atoms with Crippen LogP contribution >= 0.6 is 11.9 Å². The smallest absolute Gasteiger partial charge is 0.382 e. The number of benzene rings is 2. The number of hydrogen-bond acceptors (Lipinski definition) is 6. The van der Waals surface area contributed by atoms with Crippen molar-refractivity contribution in [2.24, 2.45) is 0 Å². The molecular weight excluding hydrogens is 495 g/mol. The number of nitrogens with zero attached hydrogens (tertiary/aromatic N) is 3. The van der Waals surface area contributed by atoms with Crippen LogP contribution in [0.2, 0.25) is 0 Å². The molecule has 0 saturated carbocycles. The van der Waals surface area contributed by atoms with E-state index in [1.807, 2.05) is 6.07 Å². The van der Waals surface area contributed by atoms with E-state index in [4.69, 9.17) is 0 Å². The molecule has 0 spiro atoms. The number of rotatable bonds is 7. The van der Waals surface area contributed by atoms with Crippen molar-refractivity contribution in [3.8, 4) is 0 Å². The zero-order chi connectivity index (χ0) is 25.7. The molecule has 5 rings (SSSR count). The number of aromatic nitrogens is 1. The minimum absolute atomic E-state index is 0.211. The van der Waals surface area contributed by atoms with Crippen LogP contribution in [0.3, 0.4) is 0 Å². The largest absolute Gasteiger partial charge is 0.417 e. The van der Waals surface area contributed by atoms with Gasteiger partial charge in [0.1, 0.15) is 5.82 Å². The summed E-state index contributed by atoms with van der Waals surface area (Å²) in [7, 11) is 0. The molecule has 0 radical (unpaired) electrons. The van der Waals surface area contributed by atoms with Gasteiger partial charge in [-0.15, -0.1) is 0 Å². The van der Waals surface area contributed by atoms with Gasteiger partial charge >= 0.3 is 6.18 Å². The molecule has 0 amide bonds. The zero-order valence-corrected chi connectivity index (χ0v) is 21.4. The van der Waals surface area contributed by atoms with Crippen molar-refractivity contribution in [3.05, 3.63) is 78.5 Å². The second-order valence-corrected chi connectivity index (χ2v) is 10.8. The number of piperidine rings is 2. The molecule has 2 saturated heterocycles. The minimum Gasteiger partial charge on any atom is -0.382 e. The van der Waals surface area contributed by atoms with Gasteiger partial charge in [-0.1, -0.05) is 18.2 Å². The van der Waals surface area contributed by atoms with Crippen LogP contribution in [0.1, 0.15) is 31.2 Å². The first-order valence-electron chi connectivity index (χ1n) is 12.8. The van der Waals surface area contributed by atoms with Gasteiger partial charge in [0, 0.05) is 60.7 Å². The minimum atomic E-state index is -4.36. The fourth-order valence-electron chi connectivity index (χ4n) is 4.87. The summed E-state index contributed by atoms with van der Waals surface area (Å²) in [6.45, 7) is 3.91. The Labute approximate surface area is 220 Å². The molecule has 196 valence electrons. The van der Waals surface area contributed by atoms with E-state index in [-0.39, 0.29) is 6.04 Å². The van der Waals surface area contributed by atoms with Gasteiger partial charge in [0.15, 0.2) is 0 Å². The maximum Gasteiger partial charge on any atom is 0.417 e. The molecule has 9 heteroatoms. The van der Waals surface area contributed by atoms with Crippen molar-refractivity contribution in [1.29, 1.82) is 0 Å². The molecule has 0 aliphatic carbocycles. The molecular formula is C28H32F3N5S.